The van der Waals surface area contributed by atoms with Crippen LogP contribution in [0.5, 0.6) is 0 Å². The minimum absolute atomic E-state index is 0.0542. The van der Waals surface area contributed by atoms with Crippen molar-refractivity contribution >= 4 is 28.8 Å². The Morgan fingerprint density at radius 3 is 2.71 bits per heavy atom. The molecule has 0 aliphatic carbocycles. The fourth-order valence-electron chi connectivity index (χ4n) is 1.40. The summed E-state index contributed by atoms with van der Waals surface area (Å²) in [6.45, 7) is 2.41. The van der Waals surface area contributed by atoms with E-state index in [9.17, 15) is 4.79 Å². The van der Waals surface area contributed by atoms with E-state index in [1.165, 1.54) is 4.90 Å². The largest absolute Gasteiger partial charge is 0.389 e. The molecule has 0 saturated heterocycles. The highest BCUT2D eigenvalue weighted by Crippen LogP contribution is 2.19. The number of ether oxygens (including phenoxy) is 1. The SMILES string of the molecule is CCOCC(=O)N(C)c1ccccc1C(N)=S. The third kappa shape index (κ3) is 3.51. The smallest absolute Gasteiger partial charge is 0.252 e. The molecule has 4 nitrogen and oxygen atoms in total. The van der Waals surface area contributed by atoms with Gasteiger partial charge in [0.15, 0.2) is 0 Å². The number of carbonyl (C=O) groups excluding carboxylic acids is 1. The summed E-state index contributed by atoms with van der Waals surface area (Å²) in [6.07, 6.45) is 0. The first-order valence-electron chi connectivity index (χ1n) is 5.31. The van der Waals surface area contributed by atoms with Crippen molar-refractivity contribution in [3.05, 3.63) is 29.8 Å². The molecule has 2 N–H and O–H groups in total. The molecule has 17 heavy (non-hydrogen) atoms. The second-order valence-electron chi connectivity index (χ2n) is 3.47. The number of thiocarbonyl (C=S) groups is 1. The Balaban J connectivity index is 2.91. The average Bonchev–Trinajstić information content (AvgIpc) is 2.34. The number of nitrogens with two attached hydrogens (primary N) is 1. The molecule has 0 radical (unpaired) electrons. The van der Waals surface area contributed by atoms with E-state index in [2.05, 4.69) is 0 Å². The predicted octanol–water partition coefficient (Wildman–Crippen LogP) is 1.32. The summed E-state index contributed by atoms with van der Waals surface area (Å²) in [5, 5.41) is 0. The molecule has 1 amide bonds. The molecule has 92 valence electrons. The molecule has 0 aliphatic heterocycles. The number of hydrogen-bond acceptors (Lipinski definition) is 3. The highest BCUT2D eigenvalue weighted by molar-refractivity contribution is 7.80. The molecule has 0 unspecified atom stereocenters. The highest BCUT2D eigenvalue weighted by Gasteiger charge is 2.14. The van der Waals surface area contributed by atoms with Crippen LogP contribution in [0, 0.1) is 0 Å². The summed E-state index contributed by atoms with van der Waals surface area (Å²) in [7, 11) is 1.68. The van der Waals surface area contributed by atoms with Crippen LogP contribution in [0.4, 0.5) is 5.69 Å². The Morgan fingerprint density at radius 1 is 1.47 bits per heavy atom. The number of hydrogen-bond donors (Lipinski definition) is 1. The van der Waals surface area contributed by atoms with Gasteiger partial charge in [-0.15, -0.1) is 0 Å². The highest BCUT2D eigenvalue weighted by atomic mass is 32.1. The molecular formula is C12H16N2O2S. The zero-order chi connectivity index (χ0) is 12.8. The number of para-hydroxylation sites is 1. The molecule has 1 rings (SSSR count). The topological polar surface area (TPSA) is 55.6 Å². The third-order valence-corrected chi connectivity index (χ3v) is 2.55. The fraction of sp³-hybridized carbons (Fsp3) is 0.333. The second-order valence-corrected chi connectivity index (χ2v) is 3.91. The van der Waals surface area contributed by atoms with Crippen molar-refractivity contribution in [3.8, 4) is 0 Å². The molecule has 0 aromatic heterocycles. The van der Waals surface area contributed by atoms with Gasteiger partial charge in [0.2, 0.25) is 0 Å². The molecule has 1 aromatic rings. The van der Waals surface area contributed by atoms with E-state index in [0.29, 0.717) is 17.9 Å². The summed E-state index contributed by atoms with van der Waals surface area (Å²) in [5.41, 5.74) is 7.00. The lowest BCUT2D eigenvalue weighted by Crippen LogP contribution is -2.31. The van der Waals surface area contributed by atoms with Crippen molar-refractivity contribution in [2.45, 2.75) is 6.92 Å². The van der Waals surface area contributed by atoms with Crippen molar-refractivity contribution in [1.82, 2.24) is 0 Å². The number of benzene rings is 1. The number of rotatable bonds is 5. The quantitative estimate of drug-likeness (QED) is 0.803. The van der Waals surface area contributed by atoms with Crippen molar-refractivity contribution in [1.29, 1.82) is 0 Å². The Hall–Kier alpha value is -1.46. The van der Waals surface area contributed by atoms with Gasteiger partial charge in [-0.2, -0.15) is 0 Å². The van der Waals surface area contributed by atoms with Gasteiger partial charge in [0, 0.05) is 19.2 Å². The lowest BCUT2D eigenvalue weighted by atomic mass is 10.1. The van der Waals surface area contributed by atoms with Crippen LogP contribution in [-0.2, 0) is 9.53 Å². The summed E-state index contributed by atoms with van der Waals surface area (Å²) in [6, 6.07) is 7.26. The van der Waals surface area contributed by atoms with E-state index in [0.717, 1.165) is 0 Å². The monoisotopic (exact) mass is 252 g/mol. The van der Waals surface area contributed by atoms with E-state index in [1.807, 2.05) is 19.1 Å². The van der Waals surface area contributed by atoms with Crippen LogP contribution in [-0.4, -0.2) is 31.2 Å². The molecule has 0 aliphatic rings. The van der Waals surface area contributed by atoms with Crippen LogP contribution in [0.1, 0.15) is 12.5 Å². The summed E-state index contributed by atoms with van der Waals surface area (Å²) in [5.74, 6) is -0.129. The number of anilines is 1. The molecule has 5 heteroatoms. The summed E-state index contributed by atoms with van der Waals surface area (Å²) in [4.78, 5) is 13.6. The van der Waals surface area contributed by atoms with Gasteiger partial charge in [-0.1, -0.05) is 24.4 Å². The van der Waals surface area contributed by atoms with Crippen molar-refractivity contribution in [2.24, 2.45) is 5.73 Å². The molecule has 0 bridgehead atoms. The van der Waals surface area contributed by atoms with Gasteiger partial charge in [0.25, 0.3) is 5.91 Å². The number of nitrogens with zero attached hydrogens (tertiary/aromatic N) is 1. The minimum Gasteiger partial charge on any atom is -0.389 e. The molecular weight excluding hydrogens is 236 g/mol. The molecule has 0 saturated carbocycles. The zero-order valence-corrected chi connectivity index (χ0v) is 10.8. The first-order valence-corrected chi connectivity index (χ1v) is 5.71. The lowest BCUT2D eigenvalue weighted by Gasteiger charge is -2.20. The number of amides is 1. The van der Waals surface area contributed by atoms with E-state index in [1.54, 1.807) is 19.2 Å². The molecule has 0 heterocycles. The lowest BCUT2D eigenvalue weighted by molar-refractivity contribution is -0.122. The fourth-order valence-corrected chi connectivity index (χ4v) is 1.57. The Kier molecular flexibility index (Phi) is 5.06. The predicted molar refractivity (Wildman–Crippen MR) is 72.2 cm³/mol. The van der Waals surface area contributed by atoms with Crippen LogP contribution >= 0.6 is 12.2 Å². The molecule has 0 spiro atoms. The van der Waals surface area contributed by atoms with E-state index in [-0.39, 0.29) is 17.5 Å². The van der Waals surface area contributed by atoms with E-state index >= 15 is 0 Å². The average molecular weight is 252 g/mol. The maximum atomic E-state index is 11.8. The maximum Gasteiger partial charge on any atom is 0.252 e. The minimum atomic E-state index is -0.129. The van der Waals surface area contributed by atoms with Crippen molar-refractivity contribution < 1.29 is 9.53 Å². The Bertz CT molecular complexity index is 421. The van der Waals surface area contributed by atoms with Gasteiger partial charge in [-0.3, -0.25) is 4.79 Å². The van der Waals surface area contributed by atoms with Crippen molar-refractivity contribution in [3.63, 3.8) is 0 Å². The summed E-state index contributed by atoms with van der Waals surface area (Å²) < 4.78 is 5.08. The van der Waals surface area contributed by atoms with Crippen LogP contribution in [0.3, 0.4) is 0 Å². The summed E-state index contributed by atoms with van der Waals surface area (Å²) >= 11 is 4.95. The van der Waals surface area contributed by atoms with Crippen LogP contribution in [0.25, 0.3) is 0 Å². The van der Waals surface area contributed by atoms with Gasteiger partial charge in [0.05, 0.1) is 5.69 Å². The number of carbonyl (C=O) groups is 1. The Morgan fingerprint density at radius 2 is 2.12 bits per heavy atom. The van der Waals surface area contributed by atoms with Gasteiger partial charge in [-0.25, -0.2) is 0 Å². The van der Waals surface area contributed by atoms with Gasteiger partial charge >= 0.3 is 0 Å². The molecule has 0 atom stereocenters. The van der Waals surface area contributed by atoms with Gasteiger partial charge in [-0.05, 0) is 19.1 Å². The number of likely N-dealkylation sites (N-methyl/N-ethyl adjacent to an activating group) is 1. The van der Waals surface area contributed by atoms with Crippen LogP contribution < -0.4 is 10.6 Å². The second kappa shape index (κ2) is 6.32. The molecule has 1 aromatic carbocycles. The first kappa shape index (κ1) is 13.6. The van der Waals surface area contributed by atoms with Gasteiger partial charge in [0.1, 0.15) is 11.6 Å². The molecule has 0 fully saturated rings. The Labute approximate surface area is 106 Å². The van der Waals surface area contributed by atoms with Gasteiger partial charge < -0.3 is 15.4 Å². The van der Waals surface area contributed by atoms with Crippen molar-refractivity contribution in [2.75, 3.05) is 25.2 Å². The zero-order valence-electron chi connectivity index (χ0n) is 9.97. The standard InChI is InChI=1S/C12H16N2O2S/c1-3-16-8-11(15)14(2)10-7-5-4-6-9(10)12(13)17/h4-7H,3,8H2,1-2H3,(H2,13,17). The van der Waals surface area contributed by atoms with Crippen LogP contribution in [0.2, 0.25) is 0 Å². The third-order valence-electron chi connectivity index (χ3n) is 2.33. The van der Waals surface area contributed by atoms with Crippen LogP contribution in [0.15, 0.2) is 24.3 Å². The maximum absolute atomic E-state index is 11.8. The normalized spacial score (nSPS) is 10.0. The van der Waals surface area contributed by atoms with E-state index in [4.69, 9.17) is 22.7 Å². The van der Waals surface area contributed by atoms with E-state index < -0.39 is 0 Å². The first-order chi connectivity index (χ1) is 8.07.